The minimum absolute atomic E-state index is 0.00443. The summed E-state index contributed by atoms with van der Waals surface area (Å²) in [5.74, 6) is -1.90. The number of allylic oxidation sites excluding steroid dienone is 4. The first-order valence-corrected chi connectivity index (χ1v) is 14.3. The first kappa shape index (κ1) is 28.1. The Kier molecular flexibility index (Phi) is 6.33. The Morgan fingerprint density at radius 3 is 2.36 bits per heavy atom. The quantitative estimate of drug-likeness (QED) is 0.455. The number of nitrogens with one attached hydrogen (secondary N) is 1. The predicted molar refractivity (Wildman–Crippen MR) is 139 cm³/mol. The predicted octanol–water partition coefficient (Wildman–Crippen LogP) is 6.10. The number of hydrogen-bond acceptors (Lipinski definition) is 4. The number of hydrogen-bond donors (Lipinski definition) is 1. The highest BCUT2D eigenvalue weighted by Gasteiger charge is 2.65. The van der Waals surface area contributed by atoms with Gasteiger partial charge in [-0.25, -0.2) is 0 Å². The van der Waals surface area contributed by atoms with Crippen LogP contribution in [0.2, 0.25) is 0 Å². The summed E-state index contributed by atoms with van der Waals surface area (Å²) in [6.45, 7) is 8.99. The van der Waals surface area contributed by atoms with E-state index in [2.05, 4.69) is 39.1 Å². The highest BCUT2D eigenvalue weighted by Crippen LogP contribution is 2.69. The molecule has 1 amide bonds. The first-order valence-electron chi connectivity index (χ1n) is 14.3. The van der Waals surface area contributed by atoms with Crippen molar-refractivity contribution in [2.45, 2.75) is 85.7 Å². The van der Waals surface area contributed by atoms with Crippen LogP contribution in [0.5, 0.6) is 0 Å². The van der Waals surface area contributed by atoms with Gasteiger partial charge in [-0.3, -0.25) is 14.4 Å². The van der Waals surface area contributed by atoms with Crippen LogP contribution in [0.3, 0.4) is 0 Å². The molecule has 8 unspecified atom stereocenters. The summed E-state index contributed by atoms with van der Waals surface area (Å²) in [5.41, 5.74) is -0.945. The van der Waals surface area contributed by atoms with Gasteiger partial charge in [0.15, 0.2) is 11.6 Å². The van der Waals surface area contributed by atoms with Crippen LogP contribution in [0.1, 0.15) is 79.6 Å². The van der Waals surface area contributed by atoms with E-state index in [9.17, 15) is 32.8 Å². The van der Waals surface area contributed by atoms with Gasteiger partial charge >= 0.3 is 6.18 Å². The van der Waals surface area contributed by atoms with Crippen molar-refractivity contribution in [2.24, 2.45) is 51.2 Å². The summed E-state index contributed by atoms with van der Waals surface area (Å²) in [6.07, 6.45) is 3.48. The molecular weight excluding hydrogens is 505 g/mol. The average molecular weight is 545 g/mol. The summed E-state index contributed by atoms with van der Waals surface area (Å²) >= 11 is 0. The lowest BCUT2D eigenvalue weighted by Crippen LogP contribution is -2.62. The molecule has 3 fully saturated rings. The Balaban J connectivity index is 1.59. The second-order valence-electron chi connectivity index (χ2n) is 14.2. The van der Waals surface area contributed by atoms with Crippen molar-refractivity contribution in [2.75, 3.05) is 6.54 Å². The molecule has 0 saturated heterocycles. The molecule has 8 atom stereocenters. The number of carbonyl (C=O) groups excluding carboxylic acids is 3. The molecule has 5 rings (SSSR count). The molecule has 0 spiro atoms. The number of ketones is 2. The molecule has 212 valence electrons. The molecule has 5 aliphatic rings. The molecule has 0 aliphatic heterocycles. The maximum Gasteiger partial charge on any atom is 0.405 e. The molecule has 0 radical (unpaired) electrons. The number of amides is 1. The first-order chi connectivity index (χ1) is 18.0. The Morgan fingerprint density at radius 1 is 1.05 bits per heavy atom. The van der Waals surface area contributed by atoms with Gasteiger partial charge in [0, 0.05) is 17.3 Å². The number of Topliss-reactive ketones (excluding diaryl/α,β-unsaturated/α-hetero) is 1. The van der Waals surface area contributed by atoms with Gasteiger partial charge in [0.05, 0.1) is 11.0 Å². The molecule has 0 aromatic heterocycles. The summed E-state index contributed by atoms with van der Waals surface area (Å²) in [5, 5.41) is 11.9. The molecular formula is C31H39F3N2O3. The third-order valence-electron chi connectivity index (χ3n) is 11.6. The van der Waals surface area contributed by atoms with E-state index in [1.54, 1.807) is 12.2 Å². The van der Waals surface area contributed by atoms with Crippen molar-refractivity contribution in [3.05, 3.63) is 23.3 Å². The molecule has 0 aromatic carbocycles. The van der Waals surface area contributed by atoms with Gasteiger partial charge in [-0.1, -0.05) is 46.3 Å². The van der Waals surface area contributed by atoms with Crippen LogP contribution < -0.4 is 5.32 Å². The van der Waals surface area contributed by atoms with Gasteiger partial charge in [0.25, 0.3) is 0 Å². The van der Waals surface area contributed by atoms with Gasteiger partial charge in [-0.2, -0.15) is 18.4 Å². The fourth-order valence-electron chi connectivity index (χ4n) is 9.65. The van der Waals surface area contributed by atoms with Gasteiger partial charge in [0.2, 0.25) is 5.91 Å². The number of fused-ring (bicyclic) bond motifs is 7. The zero-order valence-corrected chi connectivity index (χ0v) is 23.5. The average Bonchev–Trinajstić information content (AvgIpc) is 2.85. The molecule has 5 nitrogen and oxygen atoms in total. The van der Waals surface area contributed by atoms with Crippen LogP contribution in [0, 0.1) is 62.6 Å². The Labute approximate surface area is 228 Å². The third-order valence-corrected chi connectivity index (χ3v) is 11.6. The number of halogens is 3. The maximum atomic E-state index is 14.1. The van der Waals surface area contributed by atoms with Gasteiger partial charge in [0.1, 0.15) is 12.6 Å². The molecule has 5 aliphatic carbocycles. The van der Waals surface area contributed by atoms with E-state index in [0.29, 0.717) is 25.7 Å². The van der Waals surface area contributed by atoms with Gasteiger partial charge < -0.3 is 5.32 Å². The minimum Gasteiger partial charge on any atom is -0.346 e. The molecule has 8 heteroatoms. The lowest BCUT2D eigenvalue weighted by molar-refractivity contribution is -0.166. The van der Waals surface area contributed by atoms with E-state index in [4.69, 9.17) is 0 Å². The van der Waals surface area contributed by atoms with E-state index in [0.717, 1.165) is 24.8 Å². The fourth-order valence-corrected chi connectivity index (χ4v) is 9.65. The third kappa shape index (κ3) is 4.13. The number of nitriles is 1. The van der Waals surface area contributed by atoms with Crippen LogP contribution in [0.25, 0.3) is 0 Å². The summed E-state index contributed by atoms with van der Waals surface area (Å²) in [7, 11) is 0. The maximum absolute atomic E-state index is 14.1. The van der Waals surface area contributed by atoms with Crippen LogP contribution in [-0.4, -0.2) is 30.2 Å². The van der Waals surface area contributed by atoms with Crippen molar-refractivity contribution in [1.29, 1.82) is 5.26 Å². The molecule has 39 heavy (non-hydrogen) atoms. The van der Waals surface area contributed by atoms with Crippen LogP contribution in [0.4, 0.5) is 13.2 Å². The number of nitrogens with zero attached hydrogens (tertiary/aromatic N) is 1. The van der Waals surface area contributed by atoms with Crippen LogP contribution in [-0.2, 0) is 14.4 Å². The van der Waals surface area contributed by atoms with E-state index < -0.39 is 35.4 Å². The van der Waals surface area contributed by atoms with E-state index in [1.165, 1.54) is 0 Å². The fraction of sp³-hybridized carbons (Fsp3) is 0.742. The van der Waals surface area contributed by atoms with Crippen molar-refractivity contribution < 1.29 is 27.6 Å². The molecule has 0 bridgehead atoms. The van der Waals surface area contributed by atoms with Crippen LogP contribution >= 0.6 is 0 Å². The second-order valence-corrected chi connectivity index (χ2v) is 14.2. The lowest BCUT2D eigenvalue weighted by Gasteiger charge is -2.64. The SMILES string of the molecule is CC1C(=O)C(C#N)=CC2(C)C3=CC(=O)C4C(CCC5(C(=O)NCC(F)(F)F)CCC(C)(C)CC45)C3(C)CCC12. The van der Waals surface area contributed by atoms with Crippen molar-refractivity contribution in [3.8, 4) is 6.07 Å². The van der Waals surface area contributed by atoms with Crippen LogP contribution in [0.15, 0.2) is 23.3 Å². The van der Waals surface area contributed by atoms with Gasteiger partial charge in [-0.15, -0.1) is 0 Å². The van der Waals surface area contributed by atoms with E-state index >= 15 is 0 Å². The standard InChI is InChI=1S/C31H39F3N2O3/c1-17-19-6-8-28(4)20-7-9-30(26(39)36-16-31(32,33)34)11-10-27(2,3)14-21(30)24(20)22(37)12-23(28)29(19,5)13-18(15-35)25(17)38/h12-13,17,19-21,24H,6-11,14,16H2,1-5H3,(H,36,39). The number of carbonyl (C=O) groups is 3. The second kappa shape index (κ2) is 8.78. The molecule has 1 N–H and O–H groups in total. The minimum atomic E-state index is -4.50. The zero-order chi connectivity index (χ0) is 28.8. The summed E-state index contributed by atoms with van der Waals surface area (Å²) in [6, 6.07) is 2.08. The zero-order valence-electron chi connectivity index (χ0n) is 23.5. The Bertz CT molecular complexity index is 1230. The topological polar surface area (TPSA) is 87.0 Å². The number of rotatable bonds is 2. The monoisotopic (exact) mass is 544 g/mol. The molecule has 0 aromatic rings. The van der Waals surface area contributed by atoms with Crippen molar-refractivity contribution in [3.63, 3.8) is 0 Å². The van der Waals surface area contributed by atoms with E-state index in [-0.39, 0.29) is 51.6 Å². The number of alkyl halides is 3. The van der Waals surface area contributed by atoms with Crippen molar-refractivity contribution in [1.82, 2.24) is 5.32 Å². The summed E-state index contributed by atoms with van der Waals surface area (Å²) < 4.78 is 39.1. The largest absolute Gasteiger partial charge is 0.405 e. The molecule has 3 saturated carbocycles. The Hall–Kier alpha value is -2.43. The van der Waals surface area contributed by atoms with Gasteiger partial charge in [-0.05, 0) is 79.6 Å². The van der Waals surface area contributed by atoms with Crippen molar-refractivity contribution >= 4 is 17.5 Å². The smallest absolute Gasteiger partial charge is 0.346 e. The highest BCUT2D eigenvalue weighted by molar-refractivity contribution is 6.02. The summed E-state index contributed by atoms with van der Waals surface area (Å²) in [4.78, 5) is 40.5. The normalized spacial score (nSPS) is 43.0. The Morgan fingerprint density at radius 2 is 1.72 bits per heavy atom. The molecule has 0 heterocycles. The van der Waals surface area contributed by atoms with E-state index in [1.807, 2.05) is 6.92 Å². The highest BCUT2D eigenvalue weighted by atomic mass is 19.4. The lowest BCUT2D eigenvalue weighted by atomic mass is 9.39.